The number of para-hydroxylation sites is 1. The van der Waals surface area contributed by atoms with Gasteiger partial charge in [-0.1, -0.05) is 47.5 Å². The van der Waals surface area contributed by atoms with Gasteiger partial charge in [-0.05, 0) is 49.2 Å². The number of hydrogen-bond acceptors (Lipinski definition) is 4. The Morgan fingerprint density at radius 3 is 2.57 bits per heavy atom. The molecule has 0 atom stereocenters. The second-order valence-corrected chi connectivity index (χ2v) is 6.89. The van der Waals surface area contributed by atoms with Gasteiger partial charge in [-0.3, -0.25) is 4.79 Å². The molecule has 0 fully saturated rings. The molecule has 0 saturated heterocycles. The minimum absolute atomic E-state index is 0.134. The van der Waals surface area contributed by atoms with Crippen molar-refractivity contribution in [3.8, 4) is 17.1 Å². The Morgan fingerprint density at radius 1 is 1.11 bits per heavy atom. The molecule has 1 aromatic heterocycles. The molecule has 7 heteroatoms. The van der Waals surface area contributed by atoms with Crippen molar-refractivity contribution >= 4 is 35.3 Å². The number of carbonyl (C=O) groups is 1. The number of carbonyl (C=O) groups excluding carboxylic acids is 1. The van der Waals surface area contributed by atoms with E-state index in [0.29, 0.717) is 32.9 Å². The molecule has 0 unspecified atom stereocenters. The maximum atomic E-state index is 11.9. The predicted molar refractivity (Wildman–Crippen MR) is 111 cm³/mol. The first-order valence-corrected chi connectivity index (χ1v) is 9.26. The van der Waals surface area contributed by atoms with Crippen molar-refractivity contribution in [1.29, 1.82) is 0 Å². The molecule has 0 radical (unpaired) electrons. The molecule has 1 amide bonds. The van der Waals surface area contributed by atoms with Crippen molar-refractivity contribution in [3.63, 3.8) is 0 Å². The van der Waals surface area contributed by atoms with E-state index in [1.54, 1.807) is 30.3 Å². The highest BCUT2D eigenvalue weighted by Gasteiger charge is 2.10. The normalized spacial score (nSPS) is 11.0. The molecular weight excluding hydrogens is 399 g/mol. The lowest BCUT2D eigenvalue weighted by molar-refractivity contribution is -0.123. The van der Waals surface area contributed by atoms with Crippen molar-refractivity contribution in [2.75, 3.05) is 6.61 Å². The molecule has 0 aliphatic rings. The molecule has 2 aromatic carbocycles. The van der Waals surface area contributed by atoms with Gasteiger partial charge >= 0.3 is 0 Å². The van der Waals surface area contributed by atoms with E-state index in [0.717, 1.165) is 11.1 Å². The van der Waals surface area contributed by atoms with Crippen molar-refractivity contribution in [3.05, 3.63) is 75.5 Å². The summed E-state index contributed by atoms with van der Waals surface area (Å²) in [6.45, 7) is 3.72. The van der Waals surface area contributed by atoms with Gasteiger partial charge in [0.05, 0.1) is 16.3 Å². The van der Waals surface area contributed by atoms with Gasteiger partial charge in [0, 0.05) is 5.56 Å². The number of ether oxygens (including phenoxy) is 1. The van der Waals surface area contributed by atoms with Crippen LogP contribution in [0.3, 0.4) is 0 Å². The second-order valence-electron chi connectivity index (χ2n) is 6.11. The highest BCUT2D eigenvalue weighted by atomic mass is 35.5. The summed E-state index contributed by atoms with van der Waals surface area (Å²) >= 11 is 12.2. The summed E-state index contributed by atoms with van der Waals surface area (Å²) in [5.41, 5.74) is 5.03. The number of nitrogens with zero attached hydrogens (tertiary/aromatic N) is 1. The molecule has 5 nitrogen and oxygen atoms in total. The topological polar surface area (TPSA) is 63.8 Å². The number of aryl methyl sites for hydroxylation is 2. The smallest absolute Gasteiger partial charge is 0.277 e. The minimum atomic E-state index is -0.372. The predicted octanol–water partition coefficient (Wildman–Crippen LogP) is 5.40. The zero-order valence-electron chi connectivity index (χ0n) is 15.3. The number of nitrogens with one attached hydrogen (secondary N) is 1. The van der Waals surface area contributed by atoms with Crippen LogP contribution in [0, 0.1) is 13.8 Å². The maximum absolute atomic E-state index is 11.9. The lowest BCUT2D eigenvalue weighted by Gasteiger charge is -2.10. The van der Waals surface area contributed by atoms with E-state index in [4.69, 9.17) is 32.4 Å². The van der Waals surface area contributed by atoms with Crippen LogP contribution >= 0.6 is 23.2 Å². The van der Waals surface area contributed by atoms with E-state index in [-0.39, 0.29) is 12.5 Å². The van der Waals surface area contributed by atoms with E-state index in [2.05, 4.69) is 10.5 Å². The number of rotatable bonds is 6. The van der Waals surface area contributed by atoms with Crippen LogP contribution in [0.5, 0.6) is 5.75 Å². The number of amides is 1. The van der Waals surface area contributed by atoms with Crippen LogP contribution in [-0.2, 0) is 4.79 Å². The lowest BCUT2D eigenvalue weighted by atomic mass is 10.1. The van der Waals surface area contributed by atoms with Crippen molar-refractivity contribution in [2.24, 2.45) is 5.10 Å². The summed E-state index contributed by atoms with van der Waals surface area (Å²) in [6.07, 6.45) is 1.40. The van der Waals surface area contributed by atoms with Crippen LogP contribution in [0.1, 0.15) is 16.9 Å². The Bertz CT molecular complexity index is 1010. The molecule has 0 bridgehead atoms. The van der Waals surface area contributed by atoms with Crippen LogP contribution in [0.15, 0.2) is 58.0 Å². The molecule has 0 saturated carbocycles. The molecule has 1 N–H and O–H groups in total. The van der Waals surface area contributed by atoms with Gasteiger partial charge in [-0.2, -0.15) is 5.10 Å². The standard InChI is InChI=1S/C21H18Cl2N2O3/c1-13-5-3-6-14(2)21(13)27-12-19(26)25-24-11-15-9-10-18(28-15)16-7-4-8-17(22)20(16)23/h3-11H,12H2,1-2H3,(H,25,26). The van der Waals surface area contributed by atoms with Gasteiger partial charge in [0.15, 0.2) is 6.61 Å². The van der Waals surface area contributed by atoms with Crippen molar-refractivity contribution < 1.29 is 13.9 Å². The third kappa shape index (κ3) is 4.74. The average molecular weight is 417 g/mol. The molecule has 3 rings (SSSR count). The summed E-state index contributed by atoms with van der Waals surface area (Å²) in [7, 11) is 0. The van der Waals surface area contributed by atoms with Gasteiger partial charge in [0.25, 0.3) is 5.91 Å². The number of furan rings is 1. The first kappa shape index (κ1) is 20.0. The lowest BCUT2D eigenvalue weighted by Crippen LogP contribution is -2.24. The van der Waals surface area contributed by atoms with E-state index in [1.807, 2.05) is 32.0 Å². The Balaban J connectivity index is 1.57. The Kier molecular flexibility index (Phi) is 6.39. The molecule has 0 spiro atoms. The first-order chi connectivity index (χ1) is 13.5. The molecular formula is C21H18Cl2N2O3. The molecule has 0 aliphatic heterocycles. The van der Waals surface area contributed by atoms with Crippen LogP contribution in [0.2, 0.25) is 10.0 Å². The summed E-state index contributed by atoms with van der Waals surface area (Å²) in [6, 6.07) is 14.6. The van der Waals surface area contributed by atoms with Gasteiger partial charge in [-0.25, -0.2) is 5.43 Å². The van der Waals surface area contributed by atoms with Crippen LogP contribution < -0.4 is 10.2 Å². The molecule has 144 valence electrons. The Morgan fingerprint density at radius 2 is 1.82 bits per heavy atom. The monoisotopic (exact) mass is 416 g/mol. The van der Waals surface area contributed by atoms with Crippen LogP contribution in [-0.4, -0.2) is 18.7 Å². The third-order valence-corrected chi connectivity index (χ3v) is 4.80. The number of halogens is 2. The van der Waals surface area contributed by atoms with E-state index >= 15 is 0 Å². The van der Waals surface area contributed by atoms with E-state index < -0.39 is 0 Å². The fourth-order valence-electron chi connectivity index (χ4n) is 2.63. The minimum Gasteiger partial charge on any atom is -0.483 e. The largest absolute Gasteiger partial charge is 0.483 e. The van der Waals surface area contributed by atoms with Crippen molar-refractivity contribution in [1.82, 2.24) is 5.43 Å². The highest BCUT2D eigenvalue weighted by Crippen LogP contribution is 2.34. The van der Waals surface area contributed by atoms with E-state index in [9.17, 15) is 4.79 Å². The summed E-state index contributed by atoms with van der Waals surface area (Å²) < 4.78 is 11.3. The second kappa shape index (κ2) is 8.95. The Hall–Kier alpha value is -2.76. The van der Waals surface area contributed by atoms with Gasteiger partial charge in [0.1, 0.15) is 17.3 Å². The zero-order valence-corrected chi connectivity index (χ0v) is 16.8. The van der Waals surface area contributed by atoms with Crippen LogP contribution in [0.4, 0.5) is 0 Å². The fourth-order valence-corrected chi connectivity index (χ4v) is 3.02. The number of hydrazone groups is 1. The average Bonchev–Trinajstić information content (AvgIpc) is 3.12. The summed E-state index contributed by atoms with van der Waals surface area (Å²) in [5, 5.41) is 4.75. The summed E-state index contributed by atoms with van der Waals surface area (Å²) in [4.78, 5) is 11.9. The number of hydrogen-bond donors (Lipinski definition) is 1. The quantitative estimate of drug-likeness (QED) is 0.432. The summed E-state index contributed by atoms with van der Waals surface area (Å²) in [5.74, 6) is 1.35. The van der Waals surface area contributed by atoms with Crippen LogP contribution in [0.25, 0.3) is 11.3 Å². The fraction of sp³-hybridized carbons (Fsp3) is 0.143. The number of benzene rings is 2. The Labute approximate surface area is 172 Å². The molecule has 1 heterocycles. The van der Waals surface area contributed by atoms with Gasteiger partial charge < -0.3 is 9.15 Å². The van der Waals surface area contributed by atoms with Gasteiger partial charge in [0.2, 0.25) is 0 Å². The zero-order chi connectivity index (χ0) is 20.1. The molecule has 0 aliphatic carbocycles. The highest BCUT2D eigenvalue weighted by molar-refractivity contribution is 6.43. The maximum Gasteiger partial charge on any atom is 0.277 e. The van der Waals surface area contributed by atoms with Gasteiger partial charge in [-0.15, -0.1) is 0 Å². The SMILES string of the molecule is Cc1cccc(C)c1OCC(=O)NN=Cc1ccc(-c2cccc(Cl)c2Cl)o1. The molecule has 28 heavy (non-hydrogen) atoms. The first-order valence-electron chi connectivity index (χ1n) is 8.51. The molecule has 3 aromatic rings. The van der Waals surface area contributed by atoms with E-state index in [1.165, 1.54) is 6.21 Å². The van der Waals surface area contributed by atoms with Crippen molar-refractivity contribution in [2.45, 2.75) is 13.8 Å². The third-order valence-electron chi connectivity index (χ3n) is 3.98.